The molecule has 0 aromatic carbocycles. The number of ether oxygens (including phenoxy) is 1. The maximum Gasteiger partial charge on any atom is 0.321 e. The first-order chi connectivity index (χ1) is 8.74. The Hall–Kier alpha value is -1.18. The van der Waals surface area contributed by atoms with E-state index in [4.69, 9.17) is 4.74 Å². The van der Waals surface area contributed by atoms with E-state index in [1.54, 1.807) is 0 Å². The van der Waals surface area contributed by atoms with Crippen LogP contribution in [0.3, 0.4) is 0 Å². The highest BCUT2D eigenvalue weighted by atomic mass is 32.1. The molecule has 2 amide bonds. The molecule has 0 saturated carbocycles. The smallest absolute Gasteiger partial charge is 0.321 e. The summed E-state index contributed by atoms with van der Waals surface area (Å²) in [5.41, 5.74) is 0.920. The van der Waals surface area contributed by atoms with Crippen molar-refractivity contribution in [3.05, 3.63) is 11.1 Å². The lowest BCUT2D eigenvalue weighted by molar-refractivity contribution is 0.0388. The summed E-state index contributed by atoms with van der Waals surface area (Å²) in [6.07, 6.45) is 0. The molecule has 2 rings (SSSR count). The van der Waals surface area contributed by atoms with Gasteiger partial charge in [-0.25, -0.2) is 9.78 Å². The summed E-state index contributed by atoms with van der Waals surface area (Å²) in [5, 5.41) is 8.08. The average Bonchev–Trinajstić information content (AvgIpc) is 2.76. The van der Waals surface area contributed by atoms with Gasteiger partial charge in [-0.3, -0.25) is 10.2 Å². The van der Waals surface area contributed by atoms with Crippen molar-refractivity contribution in [1.82, 2.24) is 15.2 Å². The third-order valence-electron chi connectivity index (χ3n) is 2.66. The Bertz CT molecular complexity index is 390. The van der Waals surface area contributed by atoms with E-state index in [1.165, 1.54) is 11.3 Å². The molecule has 1 fully saturated rings. The number of thiazole rings is 1. The van der Waals surface area contributed by atoms with Crippen LogP contribution in [0.4, 0.5) is 9.93 Å². The summed E-state index contributed by atoms with van der Waals surface area (Å²) in [5.74, 6) is 0. The topological polar surface area (TPSA) is 66.5 Å². The Morgan fingerprint density at radius 1 is 1.56 bits per heavy atom. The molecule has 1 aromatic heterocycles. The molecule has 0 bridgehead atoms. The number of morpholine rings is 1. The number of nitrogens with zero attached hydrogens (tertiary/aromatic N) is 2. The molecule has 0 aliphatic carbocycles. The molecule has 2 N–H and O–H groups in total. The molecule has 18 heavy (non-hydrogen) atoms. The van der Waals surface area contributed by atoms with Crippen molar-refractivity contribution < 1.29 is 9.53 Å². The summed E-state index contributed by atoms with van der Waals surface area (Å²) < 4.78 is 5.26. The molecule has 1 aliphatic heterocycles. The summed E-state index contributed by atoms with van der Waals surface area (Å²) in [6, 6.07) is -0.197. The lowest BCUT2D eigenvalue weighted by atomic mass is 10.4. The van der Waals surface area contributed by atoms with Crippen LogP contribution in [0.5, 0.6) is 0 Å². The van der Waals surface area contributed by atoms with E-state index in [1.807, 2.05) is 12.3 Å². The van der Waals surface area contributed by atoms with Gasteiger partial charge in [0.2, 0.25) is 0 Å². The predicted octanol–water partition coefficient (Wildman–Crippen LogP) is 0.905. The molecule has 2 heterocycles. The van der Waals surface area contributed by atoms with E-state index in [0.29, 0.717) is 11.7 Å². The number of carbonyl (C=O) groups excluding carboxylic acids is 1. The van der Waals surface area contributed by atoms with E-state index < -0.39 is 0 Å². The van der Waals surface area contributed by atoms with Crippen LogP contribution in [0.15, 0.2) is 5.38 Å². The fourth-order valence-electron chi connectivity index (χ4n) is 1.71. The molecule has 100 valence electrons. The first-order valence-corrected chi connectivity index (χ1v) is 6.89. The summed E-state index contributed by atoms with van der Waals surface area (Å²) in [4.78, 5) is 18.0. The van der Waals surface area contributed by atoms with Crippen LogP contribution in [0.1, 0.15) is 5.69 Å². The number of anilines is 1. The van der Waals surface area contributed by atoms with Crippen molar-refractivity contribution in [1.29, 1.82) is 0 Å². The maximum absolute atomic E-state index is 11.6. The van der Waals surface area contributed by atoms with E-state index in [-0.39, 0.29) is 6.03 Å². The molecule has 6 nitrogen and oxygen atoms in total. The van der Waals surface area contributed by atoms with Gasteiger partial charge in [-0.1, -0.05) is 0 Å². The van der Waals surface area contributed by atoms with Crippen molar-refractivity contribution in [2.75, 3.05) is 44.7 Å². The van der Waals surface area contributed by atoms with Gasteiger partial charge >= 0.3 is 6.03 Å². The van der Waals surface area contributed by atoms with Crippen molar-refractivity contribution >= 4 is 22.5 Å². The lowest BCUT2D eigenvalue weighted by Gasteiger charge is -2.26. The van der Waals surface area contributed by atoms with Crippen LogP contribution in [0.25, 0.3) is 0 Å². The number of hydrogen-bond acceptors (Lipinski definition) is 5. The third-order valence-corrected chi connectivity index (χ3v) is 3.53. The Morgan fingerprint density at radius 3 is 3.00 bits per heavy atom. The van der Waals surface area contributed by atoms with Crippen molar-refractivity contribution in [2.24, 2.45) is 0 Å². The summed E-state index contributed by atoms with van der Waals surface area (Å²) >= 11 is 1.43. The van der Waals surface area contributed by atoms with Crippen LogP contribution in [-0.4, -0.2) is 55.3 Å². The monoisotopic (exact) mass is 270 g/mol. The normalized spacial score (nSPS) is 16.5. The van der Waals surface area contributed by atoms with Crippen LogP contribution in [0.2, 0.25) is 0 Å². The van der Waals surface area contributed by atoms with Crippen molar-refractivity contribution in [2.45, 2.75) is 6.92 Å². The van der Waals surface area contributed by atoms with Gasteiger partial charge in [0.1, 0.15) is 0 Å². The number of aryl methyl sites for hydroxylation is 1. The second-order valence-corrected chi connectivity index (χ2v) is 4.99. The zero-order valence-corrected chi connectivity index (χ0v) is 11.3. The SMILES string of the molecule is Cc1csc(NC(=O)NCCN2CCOCC2)n1. The standard InChI is InChI=1S/C11H18N4O2S/c1-9-8-18-11(13-9)14-10(16)12-2-3-15-4-6-17-7-5-15/h8H,2-7H2,1H3,(H2,12,13,14,16). The number of hydrogen-bond donors (Lipinski definition) is 2. The molecule has 1 saturated heterocycles. The van der Waals surface area contributed by atoms with Gasteiger partial charge in [0.25, 0.3) is 0 Å². The number of carbonyl (C=O) groups is 1. The minimum absolute atomic E-state index is 0.197. The van der Waals surface area contributed by atoms with Gasteiger partial charge in [-0.05, 0) is 6.92 Å². The van der Waals surface area contributed by atoms with Crippen molar-refractivity contribution in [3.63, 3.8) is 0 Å². The number of urea groups is 1. The molecular weight excluding hydrogens is 252 g/mol. The van der Waals surface area contributed by atoms with Gasteiger partial charge < -0.3 is 10.1 Å². The van der Waals surface area contributed by atoms with Crippen LogP contribution >= 0.6 is 11.3 Å². The highest BCUT2D eigenvalue weighted by Gasteiger charge is 2.10. The second-order valence-electron chi connectivity index (χ2n) is 4.13. The van der Waals surface area contributed by atoms with E-state index in [9.17, 15) is 4.79 Å². The van der Waals surface area contributed by atoms with Crippen molar-refractivity contribution in [3.8, 4) is 0 Å². The largest absolute Gasteiger partial charge is 0.379 e. The zero-order chi connectivity index (χ0) is 12.8. The predicted molar refractivity (Wildman–Crippen MR) is 71.1 cm³/mol. The highest BCUT2D eigenvalue weighted by Crippen LogP contribution is 2.13. The minimum atomic E-state index is -0.197. The fraction of sp³-hybridized carbons (Fsp3) is 0.636. The number of nitrogens with one attached hydrogen (secondary N) is 2. The fourth-order valence-corrected chi connectivity index (χ4v) is 2.39. The van der Waals surface area contributed by atoms with Gasteiger partial charge in [0, 0.05) is 31.6 Å². The first-order valence-electron chi connectivity index (χ1n) is 6.01. The maximum atomic E-state index is 11.6. The lowest BCUT2D eigenvalue weighted by Crippen LogP contribution is -2.42. The number of rotatable bonds is 4. The van der Waals surface area contributed by atoms with Crippen LogP contribution in [-0.2, 0) is 4.74 Å². The molecule has 1 aromatic rings. The number of amides is 2. The Balaban J connectivity index is 1.62. The van der Waals surface area contributed by atoms with Crippen LogP contribution in [0, 0.1) is 6.92 Å². The molecular formula is C11H18N4O2S. The molecule has 1 aliphatic rings. The molecule has 0 unspecified atom stereocenters. The van der Waals surface area contributed by atoms with Gasteiger partial charge in [-0.15, -0.1) is 11.3 Å². The Kier molecular flexibility index (Phi) is 4.91. The summed E-state index contributed by atoms with van der Waals surface area (Å²) in [7, 11) is 0. The minimum Gasteiger partial charge on any atom is -0.379 e. The van der Waals surface area contributed by atoms with E-state index >= 15 is 0 Å². The highest BCUT2D eigenvalue weighted by molar-refractivity contribution is 7.13. The third kappa shape index (κ3) is 4.25. The van der Waals surface area contributed by atoms with Gasteiger partial charge in [-0.2, -0.15) is 0 Å². The molecule has 0 spiro atoms. The number of aromatic nitrogens is 1. The van der Waals surface area contributed by atoms with E-state index in [0.717, 1.165) is 38.5 Å². The van der Waals surface area contributed by atoms with Gasteiger partial charge in [0.05, 0.1) is 18.9 Å². The summed E-state index contributed by atoms with van der Waals surface area (Å²) in [6.45, 7) is 6.83. The first kappa shape index (κ1) is 13.3. The second kappa shape index (κ2) is 6.67. The molecule has 0 atom stereocenters. The Labute approximate surface area is 110 Å². The molecule has 7 heteroatoms. The zero-order valence-electron chi connectivity index (χ0n) is 10.4. The van der Waals surface area contributed by atoms with Crippen LogP contribution < -0.4 is 10.6 Å². The quantitative estimate of drug-likeness (QED) is 0.853. The van der Waals surface area contributed by atoms with Gasteiger partial charge in [0.15, 0.2) is 5.13 Å². The average molecular weight is 270 g/mol. The Morgan fingerprint density at radius 2 is 2.33 bits per heavy atom. The molecule has 0 radical (unpaired) electrons. The van der Waals surface area contributed by atoms with E-state index in [2.05, 4.69) is 20.5 Å².